The summed E-state index contributed by atoms with van der Waals surface area (Å²) in [5.74, 6) is 0. The van der Waals surface area contributed by atoms with Gasteiger partial charge >= 0.3 is 0 Å². The smallest absolute Gasteiger partial charge is 0.0969 e. The Balaban J connectivity index is 2.41. The minimum Gasteiger partial charge on any atom is -0.135 e. The molecular formula is C11H11N3. The maximum absolute atomic E-state index is 4.14. The third kappa shape index (κ3) is 1.09. The minimum atomic E-state index is 0.995. The van der Waals surface area contributed by atoms with Crippen molar-refractivity contribution in [3.05, 3.63) is 29.5 Å². The summed E-state index contributed by atoms with van der Waals surface area (Å²) >= 11 is 0. The molecule has 0 saturated heterocycles. The molecule has 0 atom stereocenters. The summed E-state index contributed by atoms with van der Waals surface area (Å²) < 4.78 is 0. The number of rotatable bonds is 0. The van der Waals surface area contributed by atoms with Gasteiger partial charge in [0.25, 0.3) is 0 Å². The predicted octanol–water partition coefficient (Wildman–Crippen LogP) is 1.90. The molecule has 14 heavy (non-hydrogen) atoms. The standard InChI is InChI=1S/C11H11N3/c1-2-6-9-11-8(4-1)5-3-7-10(11)13-14-12-9/h3,5,7H,1-2,4,6H2. The number of aryl methyl sites for hydroxylation is 2. The van der Waals surface area contributed by atoms with Gasteiger partial charge in [0.1, 0.15) is 0 Å². The fourth-order valence-electron chi connectivity index (χ4n) is 2.17. The van der Waals surface area contributed by atoms with Crippen molar-refractivity contribution in [2.45, 2.75) is 25.7 Å². The van der Waals surface area contributed by atoms with Crippen molar-refractivity contribution in [2.24, 2.45) is 0 Å². The summed E-state index contributed by atoms with van der Waals surface area (Å²) in [7, 11) is 0. The second-order valence-corrected chi connectivity index (χ2v) is 3.75. The monoisotopic (exact) mass is 185 g/mol. The molecule has 0 saturated carbocycles. The second kappa shape index (κ2) is 3.01. The molecule has 0 amide bonds. The van der Waals surface area contributed by atoms with Gasteiger partial charge in [0.05, 0.1) is 11.2 Å². The zero-order valence-corrected chi connectivity index (χ0v) is 7.90. The molecule has 0 spiro atoms. The fraction of sp³-hybridized carbons (Fsp3) is 0.364. The molecule has 3 nitrogen and oxygen atoms in total. The minimum absolute atomic E-state index is 0.995. The summed E-state index contributed by atoms with van der Waals surface area (Å²) in [6, 6.07) is 6.25. The van der Waals surface area contributed by atoms with E-state index in [-0.39, 0.29) is 0 Å². The highest BCUT2D eigenvalue weighted by molar-refractivity contribution is 5.84. The molecule has 1 aliphatic carbocycles. The molecule has 1 aliphatic rings. The molecule has 0 fully saturated rings. The van der Waals surface area contributed by atoms with Crippen molar-refractivity contribution >= 4 is 10.9 Å². The van der Waals surface area contributed by atoms with Crippen LogP contribution in [0.15, 0.2) is 18.2 Å². The van der Waals surface area contributed by atoms with Crippen LogP contribution < -0.4 is 0 Å². The molecule has 1 aromatic heterocycles. The van der Waals surface area contributed by atoms with E-state index in [1.807, 2.05) is 6.07 Å². The van der Waals surface area contributed by atoms with Gasteiger partial charge in [-0.3, -0.25) is 0 Å². The number of nitrogens with zero attached hydrogens (tertiary/aromatic N) is 3. The highest BCUT2D eigenvalue weighted by Gasteiger charge is 2.12. The van der Waals surface area contributed by atoms with Crippen LogP contribution in [0.5, 0.6) is 0 Å². The quantitative estimate of drug-likeness (QED) is 0.629. The van der Waals surface area contributed by atoms with Crippen LogP contribution in [0.3, 0.4) is 0 Å². The van der Waals surface area contributed by atoms with Crippen LogP contribution in [0.25, 0.3) is 10.9 Å². The van der Waals surface area contributed by atoms with E-state index in [2.05, 4.69) is 27.5 Å². The van der Waals surface area contributed by atoms with Gasteiger partial charge in [0.2, 0.25) is 0 Å². The molecular weight excluding hydrogens is 174 g/mol. The average molecular weight is 185 g/mol. The van der Waals surface area contributed by atoms with E-state index in [1.165, 1.54) is 23.8 Å². The largest absolute Gasteiger partial charge is 0.135 e. The molecule has 3 rings (SSSR count). The number of aromatic nitrogens is 3. The van der Waals surface area contributed by atoms with E-state index in [0.717, 1.165) is 24.1 Å². The Morgan fingerprint density at radius 2 is 1.93 bits per heavy atom. The van der Waals surface area contributed by atoms with E-state index in [0.29, 0.717) is 0 Å². The van der Waals surface area contributed by atoms with Crippen LogP contribution in [0, 0.1) is 0 Å². The van der Waals surface area contributed by atoms with Crippen LogP contribution in [0.2, 0.25) is 0 Å². The molecule has 0 radical (unpaired) electrons. The predicted molar refractivity (Wildman–Crippen MR) is 54.0 cm³/mol. The lowest BCUT2D eigenvalue weighted by Crippen LogP contribution is -1.97. The second-order valence-electron chi connectivity index (χ2n) is 3.75. The van der Waals surface area contributed by atoms with Gasteiger partial charge in [-0.2, -0.15) is 0 Å². The molecule has 0 aliphatic heterocycles. The van der Waals surface area contributed by atoms with Gasteiger partial charge in [0, 0.05) is 5.39 Å². The SMILES string of the molecule is c1cc2c3c(nnnc3c1)CCCC2. The summed E-state index contributed by atoms with van der Waals surface area (Å²) in [6.45, 7) is 0. The third-order valence-electron chi connectivity index (χ3n) is 2.84. The highest BCUT2D eigenvalue weighted by atomic mass is 15.3. The zero-order valence-electron chi connectivity index (χ0n) is 7.90. The Morgan fingerprint density at radius 1 is 1.00 bits per heavy atom. The van der Waals surface area contributed by atoms with E-state index >= 15 is 0 Å². The summed E-state index contributed by atoms with van der Waals surface area (Å²) in [6.07, 6.45) is 4.65. The van der Waals surface area contributed by atoms with Crippen molar-refractivity contribution < 1.29 is 0 Å². The molecule has 2 aromatic rings. The Bertz CT molecular complexity index is 438. The van der Waals surface area contributed by atoms with E-state index in [4.69, 9.17) is 0 Å². The lowest BCUT2D eigenvalue weighted by atomic mass is 10.1. The van der Waals surface area contributed by atoms with Crippen molar-refractivity contribution in [3.8, 4) is 0 Å². The van der Waals surface area contributed by atoms with Gasteiger partial charge in [-0.25, -0.2) is 0 Å². The third-order valence-corrected chi connectivity index (χ3v) is 2.84. The molecule has 3 heteroatoms. The molecule has 1 aromatic carbocycles. The molecule has 0 bridgehead atoms. The normalized spacial score (nSPS) is 15.4. The van der Waals surface area contributed by atoms with Crippen molar-refractivity contribution in [3.63, 3.8) is 0 Å². The van der Waals surface area contributed by atoms with E-state index < -0.39 is 0 Å². The Hall–Kier alpha value is -1.51. The van der Waals surface area contributed by atoms with Gasteiger partial charge in [0.15, 0.2) is 0 Å². The van der Waals surface area contributed by atoms with Gasteiger partial charge in [-0.15, -0.1) is 10.2 Å². The summed E-state index contributed by atoms with van der Waals surface area (Å²) in [5.41, 5.74) is 3.51. The fourth-order valence-corrected chi connectivity index (χ4v) is 2.17. The topological polar surface area (TPSA) is 38.7 Å². The first-order valence-electron chi connectivity index (χ1n) is 5.05. The molecule has 0 N–H and O–H groups in total. The Morgan fingerprint density at radius 3 is 2.93 bits per heavy atom. The maximum Gasteiger partial charge on any atom is 0.0969 e. The molecule has 0 unspecified atom stereocenters. The summed E-state index contributed by atoms with van der Waals surface area (Å²) in [4.78, 5) is 0. The lowest BCUT2D eigenvalue weighted by Gasteiger charge is -2.03. The van der Waals surface area contributed by atoms with Crippen molar-refractivity contribution in [1.29, 1.82) is 0 Å². The number of benzene rings is 1. The summed E-state index contributed by atoms with van der Waals surface area (Å²) in [5, 5.41) is 13.3. The van der Waals surface area contributed by atoms with Crippen LogP contribution in [0.4, 0.5) is 0 Å². The van der Waals surface area contributed by atoms with Gasteiger partial charge in [-0.05, 0) is 42.5 Å². The Labute approximate surface area is 82.2 Å². The Kier molecular flexibility index (Phi) is 1.69. The van der Waals surface area contributed by atoms with Crippen molar-refractivity contribution in [1.82, 2.24) is 15.4 Å². The maximum atomic E-state index is 4.14. The van der Waals surface area contributed by atoms with Crippen LogP contribution >= 0.6 is 0 Å². The van der Waals surface area contributed by atoms with Gasteiger partial charge < -0.3 is 0 Å². The first kappa shape index (κ1) is 7.85. The lowest BCUT2D eigenvalue weighted by molar-refractivity contribution is 0.728. The van der Waals surface area contributed by atoms with E-state index in [9.17, 15) is 0 Å². The van der Waals surface area contributed by atoms with Crippen LogP contribution in [-0.4, -0.2) is 15.4 Å². The molecule has 70 valence electrons. The highest BCUT2D eigenvalue weighted by Crippen LogP contribution is 2.25. The molecule has 1 heterocycles. The van der Waals surface area contributed by atoms with E-state index in [1.54, 1.807) is 0 Å². The first-order valence-corrected chi connectivity index (χ1v) is 5.05. The van der Waals surface area contributed by atoms with Crippen molar-refractivity contribution in [2.75, 3.05) is 0 Å². The van der Waals surface area contributed by atoms with Crippen LogP contribution in [-0.2, 0) is 12.8 Å². The zero-order chi connectivity index (χ0) is 9.38. The number of hydrogen-bond donors (Lipinski definition) is 0. The number of hydrogen-bond acceptors (Lipinski definition) is 3. The average Bonchev–Trinajstić information content (AvgIpc) is 2.44. The van der Waals surface area contributed by atoms with Crippen LogP contribution in [0.1, 0.15) is 24.1 Å². The van der Waals surface area contributed by atoms with Gasteiger partial charge in [-0.1, -0.05) is 12.1 Å². The first-order chi connectivity index (χ1) is 6.95.